The Morgan fingerprint density at radius 1 is 1.62 bits per heavy atom. The number of rotatable bonds is 0. The summed E-state index contributed by atoms with van der Waals surface area (Å²) >= 11 is 0. The minimum atomic E-state index is -2.54. The van der Waals surface area contributed by atoms with Gasteiger partial charge in [-0.2, -0.15) is 0 Å². The monoisotopic (exact) mass is 119 g/mol. The van der Waals surface area contributed by atoms with Crippen molar-refractivity contribution in [2.45, 2.75) is 12.3 Å². The van der Waals surface area contributed by atoms with Crippen LogP contribution in [-0.4, -0.2) is 12.5 Å². The molecule has 0 aromatic rings. The van der Waals surface area contributed by atoms with Gasteiger partial charge in [0, 0.05) is 5.70 Å². The van der Waals surface area contributed by atoms with Crippen molar-refractivity contribution in [2.75, 3.05) is 6.54 Å². The Morgan fingerprint density at radius 3 is 2.38 bits per heavy atom. The van der Waals surface area contributed by atoms with Crippen molar-refractivity contribution >= 4 is 0 Å². The normalized spacial score (nSPS) is 25.5. The van der Waals surface area contributed by atoms with Gasteiger partial charge in [-0.15, -0.1) is 0 Å². The second-order valence-electron chi connectivity index (χ2n) is 1.99. The van der Waals surface area contributed by atoms with Crippen molar-refractivity contribution in [3.05, 3.63) is 12.3 Å². The maximum atomic E-state index is 12.1. The molecule has 46 valence electrons. The van der Waals surface area contributed by atoms with Crippen molar-refractivity contribution in [2.24, 2.45) is 0 Å². The number of alkyl halides is 2. The Kier molecular flexibility index (Phi) is 0.994. The number of hydrogen-bond donors (Lipinski definition) is 1. The predicted octanol–water partition coefficient (Wildman–Crippen LogP) is 1.13. The number of halogens is 2. The maximum absolute atomic E-state index is 12.1. The summed E-state index contributed by atoms with van der Waals surface area (Å²) in [5.41, 5.74) is 0.440. The fraction of sp³-hybridized carbons (Fsp3) is 0.600. The number of hydrogen-bond acceptors (Lipinski definition) is 1. The van der Waals surface area contributed by atoms with Gasteiger partial charge in [0.2, 0.25) is 0 Å². The van der Waals surface area contributed by atoms with E-state index < -0.39 is 5.92 Å². The molecule has 0 radical (unpaired) electrons. The quantitative estimate of drug-likeness (QED) is 0.504. The molecule has 1 nitrogen and oxygen atoms in total. The van der Waals surface area contributed by atoms with Gasteiger partial charge in [-0.25, -0.2) is 8.78 Å². The summed E-state index contributed by atoms with van der Waals surface area (Å²) in [6, 6.07) is 0. The maximum Gasteiger partial charge on any atom is 0.270 e. The minimum Gasteiger partial charge on any atom is -0.383 e. The van der Waals surface area contributed by atoms with E-state index in [1.165, 1.54) is 0 Å². The molecule has 1 rings (SSSR count). The summed E-state index contributed by atoms with van der Waals surface area (Å²) in [6.45, 7) is 3.11. The molecule has 0 aliphatic carbocycles. The molecule has 0 bridgehead atoms. The third-order valence-corrected chi connectivity index (χ3v) is 1.07. The summed E-state index contributed by atoms with van der Waals surface area (Å²) in [5, 5.41) is 2.47. The first-order chi connectivity index (χ1) is 3.60. The lowest BCUT2D eigenvalue weighted by atomic mass is 10.3. The second kappa shape index (κ2) is 1.44. The zero-order valence-corrected chi connectivity index (χ0v) is 4.38. The van der Waals surface area contributed by atoms with Crippen molar-refractivity contribution < 1.29 is 8.78 Å². The van der Waals surface area contributed by atoms with Crippen molar-refractivity contribution in [1.29, 1.82) is 0 Å². The van der Waals surface area contributed by atoms with E-state index in [2.05, 4.69) is 11.9 Å². The molecule has 1 aliphatic rings. The molecule has 0 aromatic heterocycles. The van der Waals surface area contributed by atoms with Gasteiger partial charge >= 0.3 is 0 Å². The van der Waals surface area contributed by atoms with Gasteiger partial charge in [0.25, 0.3) is 5.92 Å². The Hall–Kier alpha value is -0.600. The highest BCUT2D eigenvalue weighted by Gasteiger charge is 2.34. The average Bonchev–Trinajstić information content (AvgIpc) is 1.82. The first-order valence-corrected chi connectivity index (χ1v) is 2.40. The van der Waals surface area contributed by atoms with Gasteiger partial charge in [0.15, 0.2) is 0 Å². The van der Waals surface area contributed by atoms with Crippen LogP contribution in [0.15, 0.2) is 12.3 Å². The molecule has 1 N–H and O–H groups in total. The van der Waals surface area contributed by atoms with Gasteiger partial charge < -0.3 is 5.32 Å². The van der Waals surface area contributed by atoms with Crippen LogP contribution in [0.25, 0.3) is 0 Å². The molecule has 0 amide bonds. The third-order valence-electron chi connectivity index (χ3n) is 1.07. The zero-order valence-electron chi connectivity index (χ0n) is 4.38. The molecule has 0 aromatic carbocycles. The molecule has 3 heteroatoms. The van der Waals surface area contributed by atoms with Crippen LogP contribution in [0.1, 0.15) is 6.42 Å². The van der Waals surface area contributed by atoms with E-state index in [-0.39, 0.29) is 13.0 Å². The van der Waals surface area contributed by atoms with Gasteiger partial charge in [-0.3, -0.25) is 0 Å². The minimum absolute atomic E-state index is 0.201. The Morgan fingerprint density at radius 2 is 2.25 bits per heavy atom. The van der Waals surface area contributed by atoms with Crippen LogP contribution in [0.2, 0.25) is 0 Å². The van der Waals surface area contributed by atoms with Crippen LogP contribution >= 0.6 is 0 Å². The number of allylic oxidation sites excluding steroid dienone is 1. The molecule has 0 unspecified atom stereocenters. The van der Waals surface area contributed by atoms with Crippen molar-refractivity contribution in [3.63, 3.8) is 0 Å². The first kappa shape index (κ1) is 5.54. The van der Waals surface area contributed by atoms with E-state index in [1.807, 2.05) is 0 Å². The van der Waals surface area contributed by atoms with Crippen molar-refractivity contribution in [3.8, 4) is 0 Å². The SMILES string of the molecule is C=C1CC(F)(F)CN1. The Balaban J connectivity index is 2.56. The predicted molar refractivity (Wildman–Crippen MR) is 26.7 cm³/mol. The van der Waals surface area contributed by atoms with Gasteiger partial charge in [0.1, 0.15) is 0 Å². The van der Waals surface area contributed by atoms with E-state index in [1.54, 1.807) is 0 Å². The third kappa shape index (κ3) is 0.967. The molecule has 1 fully saturated rings. The van der Waals surface area contributed by atoms with Gasteiger partial charge in [-0.1, -0.05) is 6.58 Å². The molecule has 0 saturated carbocycles. The summed E-state index contributed by atoms with van der Waals surface area (Å²) in [7, 11) is 0. The largest absolute Gasteiger partial charge is 0.383 e. The lowest BCUT2D eigenvalue weighted by molar-refractivity contribution is 0.0256. The van der Waals surface area contributed by atoms with Crippen molar-refractivity contribution in [1.82, 2.24) is 5.32 Å². The highest BCUT2D eigenvalue weighted by Crippen LogP contribution is 2.25. The Labute approximate surface area is 46.4 Å². The molecule has 1 saturated heterocycles. The molecular formula is C5H7F2N. The fourth-order valence-corrected chi connectivity index (χ4v) is 0.692. The van der Waals surface area contributed by atoms with E-state index >= 15 is 0 Å². The fourth-order valence-electron chi connectivity index (χ4n) is 0.692. The molecular weight excluding hydrogens is 112 g/mol. The lowest BCUT2D eigenvalue weighted by Gasteiger charge is -2.01. The lowest BCUT2D eigenvalue weighted by Crippen LogP contribution is -2.18. The van der Waals surface area contributed by atoms with Crippen LogP contribution in [0.3, 0.4) is 0 Å². The van der Waals surface area contributed by atoms with Gasteiger partial charge in [0.05, 0.1) is 13.0 Å². The van der Waals surface area contributed by atoms with E-state index in [9.17, 15) is 8.78 Å². The standard InChI is InChI=1S/C5H7F2N/c1-4-2-5(6,7)3-8-4/h8H,1-3H2. The van der Waals surface area contributed by atoms with E-state index in [4.69, 9.17) is 0 Å². The van der Waals surface area contributed by atoms with Crippen LogP contribution in [0.5, 0.6) is 0 Å². The van der Waals surface area contributed by atoms with Crippen LogP contribution in [-0.2, 0) is 0 Å². The average molecular weight is 119 g/mol. The smallest absolute Gasteiger partial charge is 0.270 e. The highest BCUT2D eigenvalue weighted by atomic mass is 19.3. The van der Waals surface area contributed by atoms with Crippen LogP contribution in [0.4, 0.5) is 8.78 Å². The molecule has 0 spiro atoms. The summed E-state index contributed by atoms with van der Waals surface area (Å²) in [4.78, 5) is 0. The Bertz CT molecular complexity index is 120. The van der Waals surface area contributed by atoms with Gasteiger partial charge in [-0.05, 0) is 0 Å². The first-order valence-electron chi connectivity index (χ1n) is 2.40. The zero-order chi connectivity index (χ0) is 6.20. The highest BCUT2D eigenvalue weighted by molar-refractivity contribution is 5.03. The topological polar surface area (TPSA) is 12.0 Å². The molecule has 1 heterocycles. The second-order valence-corrected chi connectivity index (χ2v) is 1.99. The molecule has 8 heavy (non-hydrogen) atoms. The summed E-state index contributed by atoms with van der Waals surface area (Å²) in [5.74, 6) is -2.54. The summed E-state index contributed by atoms with van der Waals surface area (Å²) in [6.07, 6.45) is -0.201. The number of nitrogens with one attached hydrogen (secondary N) is 1. The van der Waals surface area contributed by atoms with Crippen LogP contribution < -0.4 is 5.32 Å². The molecule has 0 atom stereocenters. The van der Waals surface area contributed by atoms with E-state index in [0.717, 1.165) is 0 Å². The van der Waals surface area contributed by atoms with Crippen LogP contribution in [0, 0.1) is 0 Å². The summed E-state index contributed by atoms with van der Waals surface area (Å²) < 4.78 is 24.1. The molecule has 1 aliphatic heterocycles. The van der Waals surface area contributed by atoms with E-state index in [0.29, 0.717) is 5.70 Å².